The number of amides is 1. The van der Waals surface area contributed by atoms with Gasteiger partial charge >= 0.3 is 12.1 Å². The number of carboxylic acid groups (broad SMARTS) is 1. The molecule has 0 saturated carbocycles. The molecule has 1 amide bonds. The number of hydrogen-bond acceptors (Lipinski definition) is 3. The van der Waals surface area contributed by atoms with Crippen LogP contribution in [-0.4, -0.2) is 46.9 Å². The minimum absolute atomic E-state index is 0.00463. The molecule has 0 aromatic rings. The van der Waals surface area contributed by atoms with Crippen LogP contribution in [0.1, 0.15) is 27.2 Å². The molecule has 0 unspecified atom stereocenters. The van der Waals surface area contributed by atoms with E-state index in [0.717, 1.165) is 4.90 Å². The van der Waals surface area contributed by atoms with Gasteiger partial charge in [-0.15, -0.1) is 0 Å². The maximum atomic E-state index is 13.3. The van der Waals surface area contributed by atoms with Crippen LogP contribution in [0.25, 0.3) is 0 Å². The minimum Gasteiger partial charge on any atom is -0.481 e. The lowest BCUT2D eigenvalue weighted by molar-refractivity contribution is -0.144. The molecular weight excluding hydrogens is 229 g/mol. The normalized spacial score (nSPS) is 25.5. The zero-order valence-electron chi connectivity index (χ0n) is 10.3. The number of likely N-dealkylation sites (tertiary alicyclic amines) is 1. The average Bonchev–Trinajstić information content (AvgIpc) is 2.13. The van der Waals surface area contributed by atoms with Crippen molar-refractivity contribution in [2.24, 2.45) is 5.92 Å². The standard InChI is InChI=1S/C11H18FNO4/c1-11(2,3)17-10(16)13-5-7(9(14)15)4-8(12)6-13/h7-8H,4-6H2,1-3H3,(H,14,15)/t7-,8-/m0/s1. The van der Waals surface area contributed by atoms with Gasteiger partial charge in [-0.25, -0.2) is 9.18 Å². The fourth-order valence-corrected chi connectivity index (χ4v) is 1.69. The number of nitrogens with zero attached hydrogens (tertiary/aromatic N) is 1. The zero-order valence-corrected chi connectivity index (χ0v) is 10.3. The van der Waals surface area contributed by atoms with Crippen LogP contribution in [0.15, 0.2) is 0 Å². The van der Waals surface area contributed by atoms with Gasteiger partial charge in [0, 0.05) is 6.54 Å². The van der Waals surface area contributed by atoms with Gasteiger partial charge < -0.3 is 14.7 Å². The third-order valence-corrected chi connectivity index (χ3v) is 2.40. The summed E-state index contributed by atoms with van der Waals surface area (Å²) < 4.78 is 18.4. The Morgan fingerprint density at radius 2 is 1.94 bits per heavy atom. The van der Waals surface area contributed by atoms with E-state index in [1.165, 1.54) is 0 Å². The lowest BCUT2D eigenvalue weighted by Crippen LogP contribution is -2.48. The van der Waals surface area contributed by atoms with E-state index >= 15 is 0 Å². The fourth-order valence-electron chi connectivity index (χ4n) is 1.69. The molecule has 6 heteroatoms. The Morgan fingerprint density at radius 1 is 1.35 bits per heavy atom. The van der Waals surface area contributed by atoms with Crippen molar-refractivity contribution in [1.29, 1.82) is 0 Å². The van der Waals surface area contributed by atoms with Gasteiger partial charge in [0.15, 0.2) is 0 Å². The second-order valence-corrected chi connectivity index (χ2v) is 5.25. The van der Waals surface area contributed by atoms with E-state index in [1.807, 2.05) is 0 Å². The highest BCUT2D eigenvalue weighted by molar-refractivity contribution is 5.73. The van der Waals surface area contributed by atoms with Crippen molar-refractivity contribution in [2.45, 2.75) is 39.0 Å². The van der Waals surface area contributed by atoms with Crippen LogP contribution in [0, 0.1) is 5.92 Å². The van der Waals surface area contributed by atoms with Gasteiger partial charge in [-0.1, -0.05) is 0 Å². The predicted octanol–water partition coefficient (Wildman–Crippen LogP) is 1.67. The Hall–Kier alpha value is -1.33. The SMILES string of the molecule is CC(C)(C)OC(=O)N1C[C@@H](F)C[C@H](C(=O)O)C1. The van der Waals surface area contributed by atoms with Gasteiger partial charge in [0.25, 0.3) is 0 Å². The van der Waals surface area contributed by atoms with Crippen molar-refractivity contribution in [3.8, 4) is 0 Å². The highest BCUT2D eigenvalue weighted by Crippen LogP contribution is 2.21. The molecule has 0 aliphatic carbocycles. The molecule has 1 aliphatic rings. The summed E-state index contributed by atoms with van der Waals surface area (Å²) >= 11 is 0. The molecule has 0 spiro atoms. The van der Waals surface area contributed by atoms with E-state index in [9.17, 15) is 14.0 Å². The van der Waals surface area contributed by atoms with E-state index in [2.05, 4.69) is 0 Å². The molecule has 0 aromatic heterocycles. The van der Waals surface area contributed by atoms with Crippen LogP contribution >= 0.6 is 0 Å². The van der Waals surface area contributed by atoms with E-state index in [1.54, 1.807) is 20.8 Å². The summed E-state index contributed by atoms with van der Waals surface area (Å²) in [5, 5.41) is 8.84. The molecule has 98 valence electrons. The van der Waals surface area contributed by atoms with Crippen LogP contribution in [-0.2, 0) is 9.53 Å². The first kappa shape index (κ1) is 13.7. The number of aliphatic carboxylic acids is 1. The predicted molar refractivity (Wildman–Crippen MR) is 58.4 cm³/mol. The Bertz CT molecular complexity index is 313. The molecule has 1 fully saturated rings. The highest BCUT2D eigenvalue weighted by Gasteiger charge is 2.35. The van der Waals surface area contributed by atoms with E-state index < -0.39 is 29.8 Å². The summed E-state index contributed by atoms with van der Waals surface area (Å²) in [7, 11) is 0. The Labute approximate surface area is 99.5 Å². The molecule has 0 radical (unpaired) electrons. The van der Waals surface area contributed by atoms with Crippen molar-refractivity contribution >= 4 is 12.1 Å². The molecule has 1 rings (SSSR count). The highest BCUT2D eigenvalue weighted by atomic mass is 19.1. The summed E-state index contributed by atoms with van der Waals surface area (Å²) in [6.07, 6.45) is -2.02. The minimum atomic E-state index is -1.31. The summed E-state index contributed by atoms with van der Waals surface area (Å²) in [5.74, 6) is -1.94. The summed E-state index contributed by atoms with van der Waals surface area (Å²) in [5.41, 5.74) is -0.668. The monoisotopic (exact) mass is 247 g/mol. The lowest BCUT2D eigenvalue weighted by Gasteiger charge is -2.34. The van der Waals surface area contributed by atoms with Gasteiger partial charge in [0.05, 0.1) is 12.5 Å². The Kier molecular flexibility index (Phi) is 3.95. The molecule has 1 heterocycles. The van der Waals surface area contributed by atoms with Gasteiger partial charge in [-0.2, -0.15) is 0 Å². The molecule has 1 N–H and O–H groups in total. The number of halogens is 1. The number of carbonyl (C=O) groups is 2. The Morgan fingerprint density at radius 3 is 2.41 bits per heavy atom. The second-order valence-electron chi connectivity index (χ2n) is 5.25. The van der Waals surface area contributed by atoms with Gasteiger partial charge in [0.1, 0.15) is 11.8 Å². The van der Waals surface area contributed by atoms with Crippen molar-refractivity contribution in [3.05, 3.63) is 0 Å². The first-order valence-electron chi connectivity index (χ1n) is 5.54. The first-order valence-corrected chi connectivity index (χ1v) is 5.54. The number of rotatable bonds is 1. The largest absolute Gasteiger partial charge is 0.481 e. The zero-order chi connectivity index (χ0) is 13.2. The smallest absolute Gasteiger partial charge is 0.410 e. The summed E-state index contributed by atoms with van der Waals surface area (Å²) in [6.45, 7) is 5.02. The Balaban J connectivity index is 2.64. The first-order chi connectivity index (χ1) is 7.69. The lowest BCUT2D eigenvalue weighted by atomic mass is 9.97. The second kappa shape index (κ2) is 4.89. The number of carboxylic acids is 1. The quantitative estimate of drug-likeness (QED) is 0.765. The molecule has 2 atom stereocenters. The maximum absolute atomic E-state index is 13.3. The summed E-state index contributed by atoms with van der Waals surface area (Å²) in [4.78, 5) is 23.6. The topological polar surface area (TPSA) is 66.8 Å². The molecule has 5 nitrogen and oxygen atoms in total. The van der Waals surface area contributed by atoms with E-state index in [0.29, 0.717) is 0 Å². The number of alkyl halides is 1. The summed E-state index contributed by atoms with van der Waals surface area (Å²) in [6, 6.07) is 0. The van der Waals surface area contributed by atoms with E-state index in [-0.39, 0.29) is 19.5 Å². The third kappa shape index (κ3) is 4.20. The average molecular weight is 247 g/mol. The van der Waals surface area contributed by atoms with Crippen molar-refractivity contribution < 1.29 is 23.8 Å². The van der Waals surface area contributed by atoms with Gasteiger partial charge in [-0.3, -0.25) is 4.79 Å². The van der Waals surface area contributed by atoms with E-state index in [4.69, 9.17) is 9.84 Å². The maximum Gasteiger partial charge on any atom is 0.410 e. The molecular formula is C11H18FNO4. The van der Waals surface area contributed by atoms with Crippen LogP contribution in [0.3, 0.4) is 0 Å². The third-order valence-electron chi connectivity index (χ3n) is 2.40. The van der Waals surface area contributed by atoms with Gasteiger partial charge in [-0.05, 0) is 27.2 Å². The number of carbonyl (C=O) groups excluding carboxylic acids is 1. The molecule has 0 aromatic carbocycles. The van der Waals surface area contributed by atoms with Gasteiger partial charge in [0.2, 0.25) is 0 Å². The van der Waals surface area contributed by atoms with Crippen LogP contribution in [0.5, 0.6) is 0 Å². The molecule has 17 heavy (non-hydrogen) atoms. The van der Waals surface area contributed by atoms with Crippen LogP contribution < -0.4 is 0 Å². The van der Waals surface area contributed by atoms with Crippen molar-refractivity contribution in [1.82, 2.24) is 4.90 Å². The molecule has 1 saturated heterocycles. The number of hydrogen-bond donors (Lipinski definition) is 1. The fraction of sp³-hybridized carbons (Fsp3) is 0.818. The van der Waals surface area contributed by atoms with Crippen LogP contribution in [0.4, 0.5) is 9.18 Å². The van der Waals surface area contributed by atoms with Crippen molar-refractivity contribution in [3.63, 3.8) is 0 Å². The number of piperidine rings is 1. The molecule has 1 aliphatic heterocycles. The van der Waals surface area contributed by atoms with Crippen LogP contribution in [0.2, 0.25) is 0 Å². The molecule has 0 bridgehead atoms. The van der Waals surface area contributed by atoms with Crippen molar-refractivity contribution in [2.75, 3.05) is 13.1 Å². The number of ether oxygens (including phenoxy) is 1.